The van der Waals surface area contributed by atoms with Crippen LogP contribution in [0.15, 0.2) is 22.7 Å². The zero-order valence-electron chi connectivity index (χ0n) is 10.2. The second-order valence-corrected chi connectivity index (χ2v) is 4.92. The molecule has 5 heteroatoms. The highest BCUT2D eigenvalue weighted by atomic mass is 79.9. The van der Waals surface area contributed by atoms with Gasteiger partial charge < -0.3 is 9.88 Å². The molecule has 0 bridgehead atoms. The summed E-state index contributed by atoms with van der Waals surface area (Å²) in [6.07, 6.45) is 0. The first-order chi connectivity index (χ1) is 8.08. The number of nitrogens with zero attached hydrogens (tertiary/aromatic N) is 3. The first-order valence-corrected chi connectivity index (χ1v) is 6.22. The fourth-order valence-corrected chi connectivity index (χ4v) is 1.81. The standard InChI is InChI=1S/C12H15BrN4/c1-8-6-10(4-5-11(8)13)7-14-12-16-15-9(2)17(12)3/h4-6H,7H2,1-3H3,(H,14,16). The van der Waals surface area contributed by atoms with E-state index in [0.717, 1.165) is 22.8 Å². The molecule has 2 rings (SSSR count). The molecular formula is C12H15BrN4. The number of aromatic nitrogens is 3. The topological polar surface area (TPSA) is 42.7 Å². The Balaban J connectivity index is 2.07. The summed E-state index contributed by atoms with van der Waals surface area (Å²) in [6, 6.07) is 6.31. The Kier molecular flexibility index (Phi) is 3.47. The average molecular weight is 295 g/mol. The maximum Gasteiger partial charge on any atom is 0.224 e. The van der Waals surface area contributed by atoms with E-state index < -0.39 is 0 Å². The zero-order chi connectivity index (χ0) is 12.4. The Morgan fingerprint density at radius 2 is 2.06 bits per heavy atom. The number of aryl methyl sites for hydroxylation is 2. The van der Waals surface area contributed by atoms with E-state index in [1.165, 1.54) is 11.1 Å². The van der Waals surface area contributed by atoms with Crippen molar-refractivity contribution in [2.45, 2.75) is 20.4 Å². The lowest BCUT2D eigenvalue weighted by Crippen LogP contribution is -2.05. The second-order valence-electron chi connectivity index (χ2n) is 4.07. The highest BCUT2D eigenvalue weighted by molar-refractivity contribution is 9.10. The molecule has 0 aliphatic rings. The van der Waals surface area contributed by atoms with E-state index in [0.29, 0.717) is 0 Å². The molecule has 0 unspecified atom stereocenters. The van der Waals surface area contributed by atoms with Crippen LogP contribution in [-0.2, 0) is 13.6 Å². The third kappa shape index (κ3) is 2.66. The van der Waals surface area contributed by atoms with Gasteiger partial charge in [-0.2, -0.15) is 0 Å². The maximum atomic E-state index is 4.06. The van der Waals surface area contributed by atoms with E-state index in [1.807, 2.05) is 18.5 Å². The lowest BCUT2D eigenvalue weighted by atomic mass is 10.1. The Morgan fingerprint density at radius 1 is 1.29 bits per heavy atom. The Morgan fingerprint density at radius 3 is 2.65 bits per heavy atom. The van der Waals surface area contributed by atoms with Crippen molar-refractivity contribution in [2.24, 2.45) is 7.05 Å². The van der Waals surface area contributed by atoms with Gasteiger partial charge >= 0.3 is 0 Å². The van der Waals surface area contributed by atoms with E-state index in [-0.39, 0.29) is 0 Å². The van der Waals surface area contributed by atoms with Crippen molar-refractivity contribution >= 4 is 21.9 Å². The minimum absolute atomic E-state index is 0.750. The van der Waals surface area contributed by atoms with Crippen LogP contribution in [-0.4, -0.2) is 14.8 Å². The van der Waals surface area contributed by atoms with Crippen LogP contribution in [0.4, 0.5) is 5.95 Å². The molecule has 0 atom stereocenters. The summed E-state index contributed by atoms with van der Waals surface area (Å²) < 4.78 is 3.07. The van der Waals surface area contributed by atoms with Gasteiger partial charge in [0.15, 0.2) is 0 Å². The third-order valence-electron chi connectivity index (χ3n) is 2.77. The molecule has 1 N–H and O–H groups in total. The lowest BCUT2D eigenvalue weighted by molar-refractivity contribution is 0.854. The Hall–Kier alpha value is -1.36. The van der Waals surface area contributed by atoms with Gasteiger partial charge in [-0.25, -0.2) is 0 Å². The van der Waals surface area contributed by atoms with Crippen molar-refractivity contribution in [1.82, 2.24) is 14.8 Å². The smallest absolute Gasteiger partial charge is 0.224 e. The zero-order valence-corrected chi connectivity index (χ0v) is 11.7. The van der Waals surface area contributed by atoms with E-state index in [1.54, 1.807) is 0 Å². The van der Waals surface area contributed by atoms with Gasteiger partial charge in [-0.15, -0.1) is 10.2 Å². The normalized spacial score (nSPS) is 10.6. The molecule has 90 valence electrons. The number of anilines is 1. The summed E-state index contributed by atoms with van der Waals surface area (Å²) in [7, 11) is 1.95. The molecule has 4 nitrogen and oxygen atoms in total. The van der Waals surface area contributed by atoms with Crippen LogP contribution in [0.1, 0.15) is 17.0 Å². The van der Waals surface area contributed by atoms with Gasteiger partial charge in [0.05, 0.1) is 0 Å². The number of hydrogen-bond acceptors (Lipinski definition) is 3. The first-order valence-electron chi connectivity index (χ1n) is 5.43. The summed E-state index contributed by atoms with van der Waals surface area (Å²) >= 11 is 3.49. The number of nitrogens with one attached hydrogen (secondary N) is 1. The molecule has 1 heterocycles. The maximum absolute atomic E-state index is 4.06. The van der Waals surface area contributed by atoms with Crippen LogP contribution in [0.5, 0.6) is 0 Å². The Labute approximate surface area is 109 Å². The van der Waals surface area contributed by atoms with E-state index in [2.05, 4.69) is 56.6 Å². The van der Waals surface area contributed by atoms with Gasteiger partial charge in [-0.05, 0) is 31.0 Å². The van der Waals surface area contributed by atoms with Crippen LogP contribution in [0.2, 0.25) is 0 Å². The molecule has 0 fully saturated rings. The summed E-state index contributed by atoms with van der Waals surface area (Å²) in [4.78, 5) is 0. The lowest BCUT2D eigenvalue weighted by Gasteiger charge is -2.07. The number of hydrogen-bond donors (Lipinski definition) is 1. The molecule has 0 radical (unpaired) electrons. The first kappa shape index (κ1) is 12.1. The second kappa shape index (κ2) is 4.87. The highest BCUT2D eigenvalue weighted by Gasteiger charge is 2.04. The summed E-state index contributed by atoms with van der Waals surface area (Å²) in [5.74, 6) is 1.70. The fraction of sp³-hybridized carbons (Fsp3) is 0.333. The molecule has 1 aromatic heterocycles. The van der Waals surface area contributed by atoms with Crippen molar-refractivity contribution in [3.8, 4) is 0 Å². The average Bonchev–Trinajstić information content (AvgIpc) is 2.62. The molecule has 1 aromatic carbocycles. The molecule has 0 saturated heterocycles. The van der Waals surface area contributed by atoms with Gasteiger partial charge in [0.25, 0.3) is 0 Å². The number of benzene rings is 1. The SMILES string of the molecule is Cc1cc(CNc2nnc(C)n2C)ccc1Br. The summed E-state index contributed by atoms with van der Waals surface area (Å²) in [6.45, 7) is 4.77. The van der Waals surface area contributed by atoms with Crippen molar-refractivity contribution < 1.29 is 0 Å². The highest BCUT2D eigenvalue weighted by Crippen LogP contribution is 2.17. The van der Waals surface area contributed by atoms with Crippen molar-refractivity contribution in [3.63, 3.8) is 0 Å². The number of halogens is 1. The van der Waals surface area contributed by atoms with Crippen LogP contribution >= 0.6 is 15.9 Å². The molecule has 0 spiro atoms. The molecular weight excluding hydrogens is 280 g/mol. The van der Waals surface area contributed by atoms with Gasteiger partial charge in [-0.1, -0.05) is 28.1 Å². The van der Waals surface area contributed by atoms with Gasteiger partial charge in [0.2, 0.25) is 5.95 Å². The predicted molar refractivity (Wildman–Crippen MR) is 71.9 cm³/mol. The minimum atomic E-state index is 0.750. The largest absolute Gasteiger partial charge is 0.350 e. The van der Waals surface area contributed by atoms with E-state index in [4.69, 9.17) is 0 Å². The van der Waals surface area contributed by atoms with Crippen LogP contribution in [0.3, 0.4) is 0 Å². The minimum Gasteiger partial charge on any atom is -0.350 e. The van der Waals surface area contributed by atoms with Crippen LogP contribution in [0, 0.1) is 13.8 Å². The molecule has 0 amide bonds. The van der Waals surface area contributed by atoms with Crippen molar-refractivity contribution in [1.29, 1.82) is 0 Å². The predicted octanol–water partition coefficient (Wildman–Crippen LogP) is 2.81. The number of rotatable bonds is 3. The molecule has 0 saturated carbocycles. The van der Waals surface area contributed by atoms with Crippen molar-refractivity contribution in [3.05, 3.63) is 39.6 Å². The summed E-state index contributed by atoms with van der Waals surface area (Å²) in [5.41, 5.74) is 2.46. The van der Waals surface area contributed by atoms with Gasteiger partial charge in [-0.3, -0.25) is 0 Å². The van der Waals surface area contributed by atoms with Crippen molar-refractivity contribution in [2.75, 3.05) is 5.32 Å². The molecule has 0 aliphatic heterocycles. The quantitative estimate of drug-likeness (QED) is 0.947. The monoisotopic (exact) mass is 294 g/mol. The van der Waals surface area contributed by atoms with Crippen LogP contribution < -0.4 is 5.32 Å². The van der Waals surface area contributed by atoms with Crippen LogP contribution in [0.25, 0.3) is 0 Å². The fourth-order valence-electron chi connectivity index (χ4n) is 1.56. The summed E-state index contributed by atoms with van der Waals surface area (Å²) in [5, 5.41) is 11.3. The van der Waals surface area contributed by atoms with E-state index in [9.17, 15) is 0 Å². The molecule has 17 heavy (non-hydrogen) atoms. The molecule has 2 aromatic rings. The van der Waals surface area contributed by atoms with E-state index >= 15 is 0 Å². The van der Waals surface area contributed by atoms with Gasteiger partial charge in [0.1, 0.15) is 5.82 Å². The Bertz CT molecular complexity index is 533. The molecule has 0 aliphatic carbocycles. The van der Waals surface area contributed by atoms with Gasteiger partial charge in [0, 0.05) is 18.1 Å². The third-order valence-corrected chi connectivity index (χ3v) is 3.66.